The first-order valence-corrected chi connectivity index (χ1v) is 6.97. The molecular formula is C10H22N2O2S. The van der Waals surface area contributed by atoms with Gasteiger partial charge in [-0.2, -0.15) is 17.9 Å². The summed E-state index contributed by atoms with van der Waals surface area (Å²) in [6.45, 7) is 7.67. The quantitative estimate of drug-likeness (QED) is 0.775. The maximum absolute atomic E-state index is 11.7. The van der Waals surface area contributed by atoms with E-state index < -0.39 is 15.7 Å². The average Bonchev–Trinajstić information content (AvgIpc) is 2.27. The Hall–Kier alpha value is -0.130. The van der Waals surface area contributed by atoms with Gasteiger partial charge in [-0.1, -0.05) is 6.92 Å². The molecule has 0 aliphatic heterocycles. The second kappa shape index (κ2) is 4.39. The average molecular weight is 234 g/mol. The summed E-state index contributed by atoms with van der Waals surface area (Å²) >= 11 is 0. The Morgan fingerprint density at radius 3 is 2.20 bits per heavy atom. The molecule has 2 unspecified atom stereocenters. The van der Waals surface area contributed by atoms with Crippen LogP contribution in [-0.2, 0) is 10.2 Å². The van der Waals surface area contributed by atoms with Crippen LogP contribution in [0, 0.1) is 5.92 Å². The monoisotopic (exact) mass is 234 g/mol. The van der Waals surface area contributed by atoms with Crippen LogP contribution in [-0.4, -0.2) is 20.0 Å². The molecule has 0 bridgehead atoms. The normalized spacial score (nSPS) is 28.3. The van der Waals surface area contributed by atoms with Crippen molar-refractivity contribution in [3.05, 3.63) is 0 Å². The smallest absolute Gasteiger partial charge is 0.199 e. The molecule has 1 rings (SSSR count). The maximum Gasteiger partial charge on any atom is 0.277 e. The Labute approximate surface area is 93.0 Å². The standard InChI is InChI=1S/C10H22N2O2S/c1-8-5-6-9(7-8)11-15(13,14)12-10(2,3)4/h8-9,11-12H,5-7H2,1-4H3. The molecule has 90 valence electrons. The third kappa shape index (κ3) is 4.95. The first-order valence-electron chi connectivity index (χ1n) is 5.49. The molecule has 0 heterocycles. The van der Waals surface area contributed by atoms with E-state index in [1.807, 2.05) is 20.8 Å². The van der Waals surface area contributed by atoms with Gasteiger partial charge in [0.1, 0.15) is 0 Å². The fourth-order valence-corrected chi connectivity index (χ4v) is 3.48. The van der Waals surface area contributed by atoms with Gasteiger partial charge >= 0.3 is 0 Å². The van der Waals surface area contributed by atoms with Crippen LogP contribution in [0.15, 0.2) is 0 Å². The van der Waals surface area contributed by atoms with E-state index in [9.17, 15) is 8.42 Å². The van der Waals surface area contributed by atoms with Crippen molar-refractivity contribution in [1.29, 1.82) is 0 Å². The lowest BCUT2D eigenvalue weighted by molar-refractivity contribution is 0.471. The van der Waals surface area contributed by atoms with E-state index in [-0.39, 0.29) is 6.04 Å². The molecule has 2 atom stereocenters. The highest BCUT2D eigenvalue weighted by Gasteiger charge is 2.27. The van der Waals surface area contributed by atoms with Gasteiger partial charge < -0.3 is 0 Å². The summed E-state index contributed by atoms with van der Waals surface area (Å²) in [5, 5.41) is 0. The fourth-order valence-electron chi connectivity index (χ4n) is 1.97. The largest absolute Gasteiger partial charge is 0.277 e. The molecule has 5 heteroatoms. The van der Waals surface area contributed by atoms with Crippen LogP contribution in [0.4, 0.5) is 0 Å². The second-order valence-corrected chi connectivity index (χ2v) is 7.04. The first kappa shape index (κ1) is 12.9. The molecule has 0 saturated heterocycles. The molecule has 2 N–H and O–H groups in total. The fraction of sp³-hybridized carbons (Fsp3) is 1.00. The molecule has 15 heavy (non-hydrogen) atoms. The van der Waals surface area contributed by atoms with Gasteiger partial charge in [-0.25, -0.2) is 0 Å². The van der Waals surface area contributed by atoms with Gasteiger partial charge in [0.25, 0.3) is 10.2 Å². The van der Waals surface area contributed by atoms with Crippen LogP contribution in [0.1, 0.15) is 47.0 Å². The SMILES string of the molecule is CC1CCC(NS(=O)(=O)NC(C)(C)C)C1. The van der Waals surface area contributed by atoms with Crippen molar-refractivity contribution in [3.63, 3.8) is 0 Å². The van der Waals surface area contributed by atoms with E-state index in [1.54, 1.807) is 0 Å². The van der Waals surface area contributed by atoms with Crippen molar-refractivity contribution in [3.8, 4) is 0 Å². The van der Waals surface area contributed by atoms with E-state index in [0.29, 0.717) is 5.92 Å². The summed E-state index contributed by atoms with van der Waals surface area (Å²) in [6.07, 6.45) is 3.01. The lowest BCUT2D eigenvalue weighted by atomic mass is 10.1. The maximum atomic E-state index is 11.7. The van der Waals surface area contributed by atoms with E-state index in [1.165, 1.54) is 0 Å². The Morgan fingerprint density at radius 1 is 1.20 bits per heavy atom. The zero-order chi connectivity index (χ0) is 11.7. The van der Waals surface area contributed by atoms with Gasteiger partial charge in [-0.15, -0.1) is 0 Å². The molecule has 4 nitrogen and oxygen atoms in total. The van der Waals surface area contributed by atoms with Crippen molar-refractivity contribution in [1.82, 2.24) is 9.44 Å². The highest BCUT2D eigenvalue weighted by molar-refractivity contribution is 7.87. The number of nitrogens with one attached hydrogen (secondary N) is 2. The lowest BCUT2D eigenvalue weighted by Crippen LogP contribution is -2.49. The zero-order valence-corrected chi connectivity index (χ0v) is 10.8. The van der Waals surface area contributed by atoms with Crippen LogP contribution in [0.2, 0.25) is 0 Å². The van der Waals surface area contributed by atoms with Crippen molar-refractivity contribution in [2.75, 3.05) is 0 Å². The molecule has 0 amide bonds. The Bertz CT molecular complexity index is 306. The lowest BCUT2D eigenvalue weighted by Gasteiger charge is -2.22. The molecule has 0 spiro atoms. The van der Waals surface area contributed by atoms with Crippen molar-refractivity contribution in [2.24, 2.45) is 5.92 Å². The molecule has 0 aromatic heterocycles. The molecule has 0 aromatic carbocycles. The summed E-state index contributed by atoms with van der Waals surface area (Å²) in [4.78, 5) is 0. The van der Waals surface area contributed by atoms with Gasteiger partial charge in [-0.3, -0.25) is 0 Å². The van der Waals surface area contributed by atoms with Crippen LogP contribution < -0.4 is 9.44 Å². The van der Waals surface area contributed by atoms with E-state index in [2.05, 4.69) is 16.4 Å². The second-order valence-electron chi connectivity index (χ2n) is 5.59. The van der Waals surface area contributed by atoms with Crippen molar-refractivity contribution < 1.29 is 8.42 Å². The highest BCUT2D eigenvalue weighted by atomic mass is 32.2. The van der Waals surface area contributed by atoms with Crippen LogP contribution in [0.3, 0.4) is 0 Å². The summed E-state index contributed by atoms with van der Waals surface area (Å²) in [6, 6.07) is 0.111. The number of hydrogen-bond donors (Lipinski definition) is 2. The molecule has 1 aliphatic carbocycles. The summed E-state index contributed by atoms with van der Waals surface area (Å²) < 4.78 is 28.7. The molecule has 1 saturated carbocycles. The van der Waals surface area contributed by atoms with Gasteiger partial charge in [0.15, 0.2) is 0 Å². The topological polar surface area (TPSA) is 58.2 Å². The van der Waals surface area contributed by atoms with Crippen LogP contribution in [0.25, 0.3) is 0 Å². The third-order valence-electron chi connectivity index (χ3n) is 2.46. The van der Waals surface area contributed by atoms with Crippen molar-refractivity contribution >= 4 is 10.2 Å². The minimum atomic E-state index is -3.35. The number of rotatable bonds is 3. The first-order chi connectivity index (χ1) is 6.68. The predicted octanol–water partition coefficient (Wildman–Crippen LogP) is 1.40. The van der Waals surface area contributed by atoms with E-state index in [0.717, 1.165) is 19.3 Å². The minimum Gasteiger partial charge on any atom is -0.199 e. The van der Waals surface area contributed by atoms with E-state index >= 15 is 0 Å². The zero-order valence-electron chi connectivity index (χ0n) is 10.0. The van der Waals surface area contributed by atoms with Gasteiger partial charge in [-0.05, 0) is 46.0 Å². The van der Waals surface area contributed by atoms with Gasteiger partial charge in [0, 0.05) is 11.6 Å². The summed E-state index contributed by atoms with van der Waals surface area (Å²) in [5.41, 5.74) is -0.421. The number of hydrogen-bond acceptors (Lipinski definition) is 2. The third-order valence-corrected chi connectivity index (χ3v) is 3.98. The van der Waals surface area contributed by atoms with Gasteiger partial charge in [0.05, 0.1) is 0 Å². The van der Waals surface area contributed by atoms with Crippen LogP contribution >= 0.6 is 0 Å². The molecular weight excluding hydrogens is 212 g/mol. The summed E-state index contributed by atoms with van der Waals surface area (Å²) in [5.74, 6) is 0.632. The summed E-state index contributed by atoms with van der Waals surface area (Å²) in [7, 11) is -3.35. The molecule has 1 fully saturated rings. The van der Waals surface area contributed by atoms with Crippen molar-refractivity contribution in [2.45, 2.75) is 58.5 Å². The van der Waals surface area contributed by atoms with Gasteiger partial charge in [0.2, 0.25) is 0 Å². The minimum absolute atomic E-state index is 0.111. The molecule has 0 radical (unpaired) electrons. The molecule has 1 aliphatic rings. The highest BCUT2D eigenvalue weighted by Crippen LogP contribution is 2.24. The Kier molecular flexibility index (Phi) is 3.79. The predicted molar refractivity (Wildman–Crippen MR) is 61.7 cm³/mol. The Morgan fingerprint density at radius 2 is 1.80 bits per heavy atom. The Balaban J connectivity index is 2.50. The van der Waals surface area contributed by atoms with E-state index in [4.69, 9.17) is 0 Å². The van der Waals surface area contributed by atoms with Crippen LogP contribution in [0.5, 0.6) is 0 Å². The molecule has 0 aromatic rings.